The first kappa shape index (κ1) is 12.0. The molecule has 1 rings (SSSR count). The first-order chi connectivity index (χ1) is 7.00. The summed E-state index contributed by atoms with van der Waals surface area (Å²) in [5.74, 6) is -0.0917. The van der Waals surface area contributed by atoms with Crippen LogP contribution in [0.5, 0.6) is 0 Å². The minimum Gasteiger partial charge on any atom is -0.356 e. The zero-order chi connectivity index (χ0) is 11.4. The van der Waals surface area contributed by atoms with Crippen LogP contribution in [0.1, 0.15) is 6.92 Å². The van der Waals surface area contributed by atoms with E-state index in [1.807, 2.05) is 0 Å². The first-order valence-electron chi connectivity index (χ1n) is 4.65. The molecule has 0 saturated carbocycles. The molecule has 1 heterocycles. The predicted octanol–water partition coefficient (Wildman–Crippen LogP) is -0.530. The fraction of sp³-hybridized carbons (Fsp3) is 0.667. The van der Waals surface area contributed by atoms with E-state index in [4.69, 9.17) is 0 Å². The highest BCUT2D eigenvalue weighted by atomic mass is 32.2. The van der Waals surface area contributed by atoms with Crippen LogP contribution in [0, 0.1) is 5.92 Å². The lowest BCUT2D eigenvalue weighted by Gasteiger charge is -2.18. The highest BCUT2D eigenvalue weighted by Gasteiger charge is 2.28. The molecule has 1 N–H and O–H groups in total. The molecule has 0 spiro atoms. The zero-order valence-corrected chi connectivity index (χ0v) is 9.60. The molecule has 1 saturated heterocycles. The van der Waals surface area contributed by atoms with Crippen molar-refractivity contribution in [3.8, 4) is 0 Å². The van der Waals surface area contributed by atoms with Crippen molar-refractivity contribution in [2.45, 2.75) is 6.92 Å². The summed E-state index contributed by atoms with van der Waals surface area (Å²) in [6.45, 7) is 1.86. The van der Waals surface area contributed by atoms with Gasteiger partial charge in [-0.25, -0.2) is 0 Å². The van der Waals surface area contributed by atoms with Gasteiger partial charge in [0, 0.05) is 26.3 Å². The van der Waals surface area contributed by atoms with Crippen molar-refractivity contribution in [1.29, 1.82) is 0 Å². The maximum atomic E-state index is 11.7. The van der Waals surface area contributed by atoms with Crippen LogP contribution in [0.3, 0.4) is 0 Å². The number of nitrogens with zero attached hydrogens (tertiary/aromatic N) is 1. The highest BCUT2D eigenvalue weighted by molar-refractivity contribution is 8.13. The Morgan fingerprint density at radius 2 is 2.27 bits per heavy atom. The highest BCUT2D eigenvalue weighted by Crippen LogP contribution is 2.16. The summed E-state index contributed by atoms with van der Waals surface area (Å²) in [6, 6.07) is 0. The number of carbonyl (C=O) groups excluding carboxylic acids is 3. The molecule has 0 aromatic heterocycles. The van der Waals surface area contributed by atoms with E-state index in [1.165, 1.54) is 11.8 Å². The minimum atomic E-state index is -0.296. The minimum absolute atomic E-state index is 0.00354. The Morgan fingerprint density at radius 3 is 2.87 bits per heavy atom. The van der Waals surface area contributed by atoms with Crippen molar-refractivity contribution in [3.63, 3.8) is 0 Å². The van der Waals surface area contributed by atoms with Crippen LogP contribution in [0.15, 0.2) is 0 Å². The Kier molecular flexibility index (Phi) is 4.14. The van der Waals surface area contributed by atoms with Gasteiger partial charge in [-0.2, -0.15) is 0 Å². The zero-order valence-electron chi connectivity index (χ0n) is 8.78. The van der Waals surface area contributed by atoms with E-state index in [9.17, 15) is 14.4 Å². The number of hydrogen-bond acceptors (Lipinski definition) is 4. The molecule has 2 amide bonds. The standard InChI is InChI=1S/C9H14N2O3S/c1-6(12)10-3-7-5-15-8(13)4-11(2)9(7)14/h7H,3-5H2,1-2H3,(H,10,12). The van der Waals surface area contributed by atoms with Gasteiger partial charge < -0.3 is 10.2 Å². The Balaban J connectivity index is 2.58. The summed E-state index contributed by atoms with van der Waals surface area (Å²) in [6.07, 6.45) is 0. The summed E-state index contributed by atoms with van der Waals surface area (Å²) < 4.78 is 0. The molecule has 1 aliphatic heterocycles. The Bertz CT molecular complexity index is 293. The first-order valence-corrected chi connectivity index (χ1v) is 5.64. The molecule has 5 nitrogen and oxygen atoms in total. The molecule has 1 unspecified atom stereocenters. The predicted molar refractivity (Wildman–Crippen MR) is 57.3 cm³/mol. The lowest BCUT2D eigenvalue weighted by Crippen LogP contribution is -2.39. The summed E-state index contributed by atoms with van der Waals surface area (Å²) in [5.41, 5.74) is 0. The number of thioether (sulfide) groups is 1. The van der Waals surface area contributed by atoms with Crippen LogP contribution >= 0.6 is 11.8 Å². The molecule has 6 heteroatoms. The van der Waals surface area contributed by atoms with Crippen molar-refractivity contribution in [2.75, 3.05) is 25.9 Å². The third-order valence-electron chi connectivity index (χ3n) is 2.13. The molecule has 84 valence electrons. The smallest absolute Gasteiger partial charge is 0.228 e. The van der Waals surface area contributed by atoms with Crippen LogP contribution in [-0.4, -0.2) is 47.7 Å². The van der Waals surface area contributed by atoms with Crippen molar-refractivity contribution >= 4 is 28.7 Å². The Labute approximate surface area is 92.6 Å². The van der Waals surface area contributed by atoms with E-state index in [0.717, 1.165) is 11.8 Å². The van der Waals surface area contributed by atoms with Crippen molar-refractivity contribution in [2.24, 2.45) is 5.92 Å². The van der Waals surface area contributed by atoms with Gasteiger partial charge in [0.2, 0.25) is 16.9 Å². The van der Waals surface area contributed by atoms with Gasteiger partial charge in [0.25, 0.3) is 0 Å². The number of carbonyl (C=O) groups is 3. The van der Waals surface area contributed by atoms with Crippen molar-refractivity contribution in [3.05, 3.63) is 0 Å². The average molecular weight is 230 g/mol. The molecular formula is C9H14N2O3S. The summed E-state index contributed by atoms with van der Waals surface area (Å²) >= 11 is 1.15. The fourth-order valence-electron chi connectivity index (χ4n) is 1.31. The number of likely N-dealkylation sites (N-methyl/N-ethyl adjacent to an activating group) is 1. The second-order valence-electron chi connectivity index (χ2n) is 3.51. The molecule has 1 fully saturated rings. The maximum absolute atomic E-state index is 11.7. The third-order valence-corrected chi connectivity index (χ3v) is 3.15. The van der Waals surface area contributed by atoms with Gasteiger partial charge in [-0.1, -0.05) is 11.8 Å². The van der Waals surface area contributed by atoms with Gasteiger partial charge in [0.05, 0.1) is 12.5 Å². The number of nitrogens with one attached hydrogen (secondary N) is 1. The van der Waals surface area contributed by atoms with Gasteiger partial charge in [-0.05, 0) is 0 Å². The van der Waals surface area contributed by atoms with E-state index >= 15 is 0 Å². The normalized spacial score (nSPS) is 22.5. The number of hydrogen-bond donors (Lipinski definition) is 1. The van der Waals surface area contributed by atoms with Gasteiger partial charge in [-0.15, -0.1) is 0 Å². The third kappa shape index (κ3) is 3.54. The average Bonchev–Trinajstić information content (AvgIpc) is 2.26. The molecule has 0 aliphatic carbocycles. The topological polar surface area (TPSA) is 66.5 Å². The molecule has 0 bridgehead atoms. The largest absolute Gasteiger partial charge is 0.356 e. The van der Waals surface area contributed by atoms with Crippen molar-refractivity contribution in [1.82, 2.24) is 10.2 Å². The van der Waals surface area contributed by atoms with E-state index in [2.05, 4.69) is 5.32 Å². The molecule has 0 radical (unpaired) electrons. The van der Waals surface area contributed by atoms with E-state index in [-0.39, 0.29) is 29.4 Å². The van der Waals surface area contributed by atoms with Crippen LogP contribution in [0.4, 0.5) is 0 Å². The SMILES string of the molecule is CC(=O)NCC1CSC(=O)CN(C)C1=O. The lowest BCUT2D eigenvalue weighted by atomic mass is 10.1. The van der Waals surface area contributed by atoms with Crippen LogP contribution in [-0.2, 0) is 14.4 Å². The number of rotatable bonds is 2. The molecule has 0 aromatic carbocycles. The van der Waals surface area contributed by atoms with Gasteiger partial charge >= 0.3 is 0 Å². The fourth-order valence-corrected chi connectivity index (χ4v) is 2.24. The summed E-state index contributed by atoms with van der Waals surface area (Å²) in [5, 5.41) is 2.59. The Hall–Kier alpha value is -1.04. The van der Waals surface area contributed by atoms with Gasteiger partial charge in [0.1, 0.15) is 0 Å². The van der Waals surface area contributed by atoms with E-state index in [0.29, 0.717) is 12.3 Å². The van der Waals surface area contributed by atoms with E-state index < -0.39 is 0 Å². The molecule has 15 heavy (non-hydrogen) atoms. The van der Waals surface area contributed by atoms with Crippen LogP contribution in [0.2, 0.25) is 0 Å². The van der Waals surface area contributed by atoms with Gasteiger partial charge in [0.15, 0.2) is 0 Å². The molecule has 0 aromatic rings. The molecular weight excluding hydrogens is 216 g/mol. The Morgan fingerprint density at radius 1 is 1.60 bits per heavy atom. The van der Waals surface area contributed by atoms with Crippen LogP contribution in [0.25, 0.3) is 0 Å². The van der Waals surface area contributed by atoms with E-state index in [1.54, 1.807) is 7.05 Å². The quantitative estimate of drug-likeness (QED) is 0.692. The maximum Gasteiger partial charge on any atom is 0.228 e. The second kappa shape index (κ2) is 5.16. The second-order valence-corrected chi connectivity index (χ2v) is 4.59. The lowest BCUT2D eigenvalue weighted by molar-refractivity contribution is -0.135. The molecule has 1 aliphatic rings. The summed E-state index contributed by atoms with van der Waals surface area (Å²) in [4.78, 5) is 35.0. The summed E-state index contributed by atoms with van der Waals surface area (Å²) in [7, 11) is 1.60. The molecule has 1 atom stereocenters. The van der Waals surface area contributed by atoms with Crippen LogP contribution < -0.4 is 5.32 Å². The van der Waals surface area contributed by atoms with Crippen molar-refractivity contribution < 1.29 is 14.4 Å². The van der Waals surface area contributed by atoms with Gasteiger partial charge in [-0.3, -0.25) is 14.4 Å². The number of amides is 2. The monoisotopic (exact) mass is 230 g/mol.